The number of ether oxygens (including phenoxy) is 1. The summed E-state index contributed by atoms with van der Waals surface area (Å²) in [6.07, 6.45) is 3.29. The fourth-order valence-electron chi connectivity index (χ4n) is 2.63. The summed E-state index contributed by atoms with van der Waals surface area (Å²) in [4.78, 5) is 16.9. The number of aromatic nitrogens is 2. The van der Waals surface area contributed by atoms with Gasteiger partial charge in [0.2, 0.25) is 0 Å². The first kappa shape index (κ1) is 16.8. The molecule has 25 heavy (non-hydrogen) atoms. The largest absolute Gasteiger partial charge is 0.497 e. The molecule has 0 amide bonds. The smallest absolute Gasteiger partial charge is 0.297 e. The van der Waals surface area contributed by atoms with Crippen LogP contribution in [0.3, 0.4) is 0 Å². The van der Waals surface area contributed by atoms with Crippen LogP contribution in [0.1, 0.15) is 18.4 Å². The van der Waals surface area contributed by atoms with Crippen molar-refractivity contribution in [2.75, 3.05) is 19.0 Å². The third-order valence-electron chi connectivity index (χ3n) is 4.14. The second kappa shape index (κ2) is 7.66. The molecule has 5 nitrogen and oxygen atoms in total. The molecule has 1 aromatic heterocycles. The van der Waals surface area contributed by atoms with Gasteiger partial charge >= 0.3 is 0 Å². The zero-order chi connectivity index (χ0) is 17.6. The van der Waals surface area contributed by atoms with Gasteiger partial charge in [-0.15, -0.1) is 0 Å². The van der Waals surface area contributed by atoms with Gasteiger partial charge in [0.25, 0.3) is 5.56 Å². The van der Waals surface area contributed by atoms with E-state index in [1.54, 1.807) is 24.1 Å². The average molecular weight is 335 g/mol. The van der Waals surface area contributed by atoms with E-state index in [-0.39, 0.29) is 11.5 Å². The minimum absolute atomic E-state index is 0.173. The molecule has 0 unspecified atom stereocenters. The first-order chi connectivity index (χ1) is 12.2. The highest BCUT2D eigenvalue weighted by molar-refractivity contribution is 5.41. The van der Waals surface area contributed by atoms with Crippen LogP contribution in [0.5, 0.6) is 5.75 Å². The number of hydrogen-bond acceptors (Lipinski definition) is 4. The van der Waals surface area contributed by atoms with E-state index >= 15 is 0 Å². The van der Waals surface area contributed by atoms with Crippen LogP contribution in [0.25, 0.3) is 5.69 Å². The molecule has 3 aromatic rings. The second-order valence-electron chi connectivity index (χ2n) is 5.84. The summed E-state index contributed by atoms with van der Waals surface area (Å²) in [6.45, 7) is 2.76. The van der Waals surface area contributed by atoms with E-state index < -0.39 is 0 Å². The monoisotopic (exact) mass is 335 g/mol. The standard InChI is InChI=1S/C20H21N3O2/c1-15(16-6-4-3-5-7-16)14-22-19-20(24)23(13-12-21-19)17-8-10-18(25-2)11-9-17/h3-13,15H,14H2,1-2H3,(H,21,22)/t15-/m0/s1. The number of nitrogens with one attached hydrogen (secondary N) is 1. The van der Waals surface area contributed by atoms with Gasteiger partial charge < -0.3 is 10.1 Å². The van der Waals surface area contributed by atoms with Gasteiger partial charge in [-0.3, -0.25) is 9.36 Å². The van der Waals surface area contributed by atoms with Crippen LogP contribution in [0.4, 0.5) is 5.82 Å². The highest BCUT2D eigenvalue weighted by Crippen LogP contribution is 2.16. The molecule has 0 saturated heterocycles. The van der Waals surface area contributed by atoms with Gasteiger partial charge in [0.05, 0.1) is 7.11 Å². The summed E-state index contributed by atoms with van der Waals surface area (Å²) in [5.74, 6) is 1.37. The first-order valence-corrected chi connectivity index (χ1v) is 8.20. The van der Waals surface area contributed by atoms with E-state index in [1.807, 2.05) is 42.5 Å². The molecule has 1 N–H and O–H groups in total. The average Bonchev–Trinajstić information content (AvgIpc) is 2.68. The molecule has 1 heterocycles. The normalized spacial score (nSPS) is 11.8. The van der Waals surface area contributed by atoms with Crippen molar-refractivity contribution in [3.05, 3.63) is 82.9 Å². The molecule has 0 aliphatic rings. The molecule has 3 rings (SSSR count). The number of hydrogen-bond donors (Lipinski definition) is 1. The minimum atomic E-state index is -0.173. The Balaban J connectivity index is 1.78. The van der Waals surface area contributed by atoms with Crippen LogP contribution in [0, 0.1) is 0 Å². The van der Waals surface area contributed by atoms with Crippen molar-refractivity contribution in [1.29, 1.82) is 0 Å². The van der Waals surface area contributed by atoms with Crippen LogP contribution in [0.2, 0.25) is 0 Å². The lowest BCUT2D eigenvalue weighted by Gasteiger charge is -2.14. The maximum atomic E-state index is 12.7. The Morgan fingerprint density at radius 1 is 1.12 bits per heavy atom. The predicted molar refractivity (Wildman–Crippen MR) is 99.7 cm³/mol. The van der Waals surface area contributed by atoms with Gasteiger partial charge in [0.1, 0.15) is 5.75 Å². The number of benzene rings is 2. The Kier molecular flexibility index (Phi) is 5.14. The van der Waals surface area contributed by atoms with Crippen LogP contribution >= 0.6 is 0 Å². The van der Waals surface area contributed by atoms with Crippen LogP contribution in [0.15, 0.2) is 71.8 Å². The number of rotatable bonds is 6. The SMILES string of the molecule is COc1ccc(-n2ccnc(NC[C@H](C)c3ccccc3)c2=O)cc1. The number of methoxy groups -OCH3 is 1. The molecule has 0 radical (unpaired) electrons. The van der Waals surface area contributed by atoms with Crippen molar-refractivity contribution in [1.82, 2.24) is 9.55 Å². The topological polar surface area (TPSA) is 56.1 Å². The van der Waals surface area contributed by atoms with E-state index in [0.717, 1.165) is 11.4 Å². The lowest BCUT2D eigenvalue weighted by molar-refractivity contribution is 0.414. The van der Waals surface area contributed by atoms with Crippen molar-refractivity contribution in [2.45, 2.75) is 12.8 Å². The van der Waals surface area contributed by atoms with E-state index in [1.165, 1.54) is 5.56 Å². The Labute approximate surface area is 146 Å². The van der Waals surface area contributed by atoms with Gasteiger partial charge in [-0.2, -0.15) is 0 Å². The van der Waals surface area contributed by atoms with Crippen LogP contribution in [-0.4, -0.2) is 23.2 Å². The molecule has 0 saturated carbocycles. The molecule has 0 aliphatic carbocycles. The fraction of sp³-hybridized carbons (Fsp3) is 0.200. The maximum absolute atomic E-state index is 12.7. The summed E-state index contributed by atoms with van der Waals surface area (Å²) in [5, 5.41) is 3.17. The molecular weight excluding hydrogens is 314 g/mol. The quantitative estimate of drug-likeness (QED) is 0.749. The third kappa shape index (κ3) is 3.88. The fourth-order valence-corrected chi connectivity index (χ4v) is 2.63. The molecule has 2 aromatic carbocycles. The molecule has 0 spiro atoms. The van der Waals surface area contributed by atoms with Gasteiger partial charge in [-0.25, -0.2) is 4.98 Å². The third-order valence-corrected chi connectivity index (χ3v) is 4.14. The summed E-state index contributed by atoms with van der Waals surface area (Å²) in [5.41, 5.74) is 1.82. The zero-order valence-corrected chi connectivity index (χ0v) is 14.3. The molecule has 0 bridgehead atoms. The molecular formula is C20H21N3O2. The van der Waals surface area contributed by atoms with E-state index in [4.69, 9.17) is 4.74 Å². The number of nitrogens with zero attached hydrogens (tertiary/aromatic N) is 2. The van der Waals surface area contributed by atoms with Crippen molar-refractivity contribution in [3.8, 4) is 11.4 Å². The van der Waals surface area contributed by atoms with Crippen molar-refractivity contribution in [2.24, 2.45) is 0 Å². The summed E-state index contributed by atoms with van der Waals surface area (Å²) >= 11 is 0. The maximum Gasteiger partial charge on any atom is 0.297 e. The lowest BCUT2D eigenvalue weighted by atomic mass is 10.0. The van der Waals surface area contributed by atoms with Crippen LogP contribution in [-0.2, 0) is 0 Å². The highest BCUT2D eigenvalue weighted by Gasteiger charge is 2.09. The van der Waals surface area contributed by atoms with E-state index in [9.17, 15) is 4.79 Å². The van der Waals surface area contributed by atoms with Gasteiger partial charge in [0, 0.05) is 24.6 Å². The Hall–Kier alpha value is -3.08. The first-order valence-electron chi connectivity index (χ1n) is 8.20. The van der Waals surface area contributed by atoms with Crippen molar-refractivity contribution in [3.63, 3.8) is 0 Å². The minimum Gasteiger partial charge on any atom is -0.497 e. The molecule has 1 atom stereocenters. The lowest BCUT2D eigenvalue weighted by Crippen LogP contribution is -2.24. The van der Waals surface area contributed by atoms with Gasteiger partial charge in [-0.1, -0.05) is 37.3 Å². The van der Waals surface area contributed by atoms with Crippen molar-refractivity contribution < 1.29 is 4.74 Å². The Bertz CT molecular complexity index is 873. The second-order valence-corrected chi connectivity index (χ2v) is 5.84. The van der Waals surface area contributed by atoms with Crippen LogP contribution < -0.4 is 15.6 Å². The molecule has 0 aliphatic heterocycles. The van der Waals surface area contributed by atoms with Gasteiger partial charge in [0.15, 0.2) is 5.82 Å². The van der Waals surface area contributed by atoms with E-state index in [2.05, 4.69) is 29.4 Å². The highest BCUT2D eigenvalue weighted by atomic mass is 16.5. The Morgan fingerprint density at radius 3 is 2.52 bits per heavy atom. The molecule has 5 heteroatoms. The zero-order valence-electron chi connectivity index (χ0n) is 14.3. The predicted octanol–water partition coefficient (Wildman–Crippen LogP) is 3.46. The van der Waals surface area contributed by atoms with Gasteiger partial charge in [-0.05, 0) is 35.7 Å². The Morgan fingerprint density at radius 2 is 1.84 bits per heavy atom. The molecule has 0 fully saturated rings. The summed E-state index contributed by atoms with van der Waals surface area (Å²) in [7, 11) is 1.61. The number of anilines is 1. The van der Waals surface area contributed by atoms with E-state index in [0.29, 0.717) is 12.4 Å². The summed E-state index contributed by atoms with van der Waals surface area (Å²) in [6, 6.07) is 17.5. The molecule has 128 valence electrons. The van der Waals surface area contributed by atoms with Crippen molar-refractivity contribution >= 4 is 5.82 Å². The summed E-state index contributed by atoms with van der Waals surface area (Å²) < 4.78 is 6.73.